The van der Waals surface area contributed by atoms with Crippen molar-refractivity contribution >= 4 is 34.7 Å². The second-order valence-electron chi connectivity index (χ2n) is 8.09. The molecule has 1 aromatic carbocycles. The fraction of sp³-hybridized carbons (Fsp3) is 0.174. The molecule has 0 radical (unpaired) electrons. The maximum atomic E-state index is 12.9. The summed E-state index contributed by atoms with van der Waals surface area (Å²) in [5, 5.41) is 12.2. The van der Waals surface area contributed by atoms with Crippen LogP contribution in [-0.4, -0.2) is 31.6 Å². The van der Waals surface area contributed by atoms with Gasteiger partial charge in [-0.15, -0.1) is 11.3 Å². The molecule has 0 aliphatic heterocycles. The predicted octanol–water partition coefficient (Wildman–Crippen LogP) is 4.53. The summed E-state index contributed by atoms with van der Waals surface area (Å²) in [6.45, 7) is 6.13. The van der Waals surface area contributed by atoms with E-state index in [4.69, 9.17) is 0 Å². The molecule has 32 heavy (non-hydrogen) atoms. The van der Waals surface area contributed by atoms with Gasteiger partial charge in [0.1, 0.15) is 5.82 Å². The number of nitrogens with zero attached hydrogens (tertiary/aromatic N) is 4. The molecule has 2 N–H and O–H groups in total. The van der Waals surface area contributed by atoms with Crippen molar-refractivity contribution in [2.75, 3.05) is 10.6 Å². The van der Waals surface area contributed by atoms with E-state index in [1.807, 2.05) is 38.3 Å². The highest BCUT2D eigenvalue weighted by atomic mass is 32.1. The van der Waals surface area contributed by atoms with E-state index in [-0.39, 0.29) is 17.2 Å². The van der Waals surface area contributed by atoms with Crippen LogP contribution in [-0.2, 0) is 5.41 Å². The number of benzene rings is 1. The molecule has 0 unspecified atom stereocenters. The van der Waals surface area contributed by atoms with Crippen LogP contribution < -0.4 is 10.6 Å². The minimum Gasteiger partial charge on any atom is -0.321 e. The normalized spacial score (nSPS) is 11.2. The molecule has 0 aliphatic carbocycles. The molecular formula is C23H22N6O2S. The van der Waals surface area contributed by atoms with Crippen molar-refractivity contribution < 1.29 is 9.59 Å². The number of amides is 2. The molecule has 0 saturated heterocycles. The molecule has 3 heterocycles. The molecule has 162 valence electrons. The lowest BCUT2D eigenvalue weighted by molar-refractivity contribution is 0.102. The van der Waals surface area contributed by atoms with Crippen LogP contribution in [0.5, 0.6) is 0 Å². The van der Waals surface area contributed by atoms with Crippen molar-refractivity contribution in [3.63, 3.8) is 0 Å². The summed E-state index contributed by atoms with van der Waals surface area (Å²) < 4.78 is 1.52. The maximum absolute atomic E-state index is 12.9. The van der Waals surface area contributed by atoms with Gasteiger partial charge in [-0.2, -0.15) is 9.78 Å². The van der Waals surface area contributed by atoms with Gasteiger partial charge in [-0.05, 0) is 41.8 Å². The number of rotatable bonds is 5. The Morgan fingerprint density at radius 1 is 0.938 bits per heavy atom. The topological polar surface area (TPSA) is 102 Å². The van der Waals surface area contributed by atoms with Gasteiger partial charge in [0, 0.05) is 35.1 Å². The molecule has 0 spiro atoms. The summed E-state index contributed by atoms with van der Waals surface area (Å²) >= 11 is 1.37. The van der Waals surface area contributed by atoms with Crippen molar-refractivity contribution in [2.45, 2.75) is 26.2 Å². The van der Waals surface area contributed by atoms with Crippen LogP contribution in [0, 0.1) is 0 Å². The third kappa shape index (κ3) is 4.73. The Bertz CT molecular complexity index is 1230. The van der Waals surface area contributed by atoms with Crippen LogP contribution in [0.2, 0.25) is 0 Å². The molecule has 2 amide bonds. The van der Waals surface area contributed by atoms with Gasteiger partial charge in [0.2, 0.25) is 0 Å². The second-order valence-corrected chi connectivity index (χ2v) is 9.04. The number of carbonyl (C=O) groups is 2. The summed E-state index contributed by atoms with van der Waals surface area (Å²) in [6, 6.07) is 13.8. The van der Waals surface area contributed by atoms with Gasteiger partial charge in [-0.1, -0.05) is 26.8 Å². The quantitative estimate of drug-likeness (QED) is 0.469. The van der Waals surface area contributed by atoms with Gasteiger partial charge in [0.05, 0.1) is 10.6 Å². The smallest absolute Gasteiger partial charge is 0.265 e. The highest BCUT2D eigenvalue weighted by molar-refractivity contribution is 7.12. The lowest BCUT2D eigenvalue weighted by Gasteiger charge is -2.13. The lowest BCUT2D eigenvalue weighted by atomic mass is 9.92. The fourth-order valence-corrected chi connectivity index (χ4v) is 3.50. The first-order valence-electron chi connectivity index (χ1n) is 9.95. The monoisotopic (exact) mass is 446 g/mol. The minimum atomic E-state index is -0.307. The number of anilines is 2. The molecule has 9 heteroatoms. The van der Waals surface area contributed by atoms with Crippen LogP contribution in [0.1, 0.15) is 46.5 Å². The van der Waals surface area contributed by atoms with Gasteiger partial charge in [0.15, 0.2) is 0 Å². The number of carbonyl (C=O) groups excluding carboxylic acids is 2. The van der Waals surface area contributed by atoms with E-state index < -0.39 is 0 Å². The van der Waals surface area contributed by atoms with E-state index in [1.165, 1.54) is 16.0 Å². The summed E-state index contributed by atoms with van der Waals surface area (Å²) in [5.41, 5.74) is 1.63. The Morgan fingerprint density at radius 3 is 2.28 bits per heavy atom. The largest absolute Gasteiger partial charge is 0.321 e. The number of hydrogen-bond acceptors (Lipinski definition) is 6. The Morgan fingerprint density at radius 2 is 1.66 bits per heavy atom. The Labute approximate surface area is 189 Å². The average Bonchev–Trinajstić information content (AvgIpc) is 3.45. The predicted molar refractivity (Wildman–Crippen MR) is 125 cm³/mol. The Hall–Kier alpha value is -3.85. The van der Waals surface area contributed by atoms with Gasteiger partial charge >= 0.3 is 0 Å². The number of aromatic nitrogens is 4. The lowest BCUT2D eigenvalue weighted by Crippen LogP contribution is -2.16. The Kier molecular flexibility index (Phi) is 5.83. The Balaban J connectivity index is 1.53. The van der Waals surface area contributed by atoms with E-state index in [9.17, 15) is 9.59 Å². The van der Waals surface area contributed by atoms with Gasteiger partial charge in [-0.3, -0.25) is 9.59 Å². The van der Waals surface area contributed by atoms with Crippen LogP contribution in [0.25, 0.3) is 5.95 Å². The van der Waals surface area contributed by atoms with Gasteiger partial charge < -0.3 is 10.6 Å². The van der Waals surface area contributed by atoms with Crippen molar-refractivity contribution in [3.8, 4) is 5.95 Å². The summed E-state index contributed by atoms with van der Waals surface area (Å²) in [6.07, 6.45) is 3.24. The maximum Gasteiger partial charge on any atom is 0.265 e. The first-order chi connectivity index (χ1) is 15.3. The van der Waals surface area contributed by atoms with Crippen LogP contribution in [0.15, 0.2) is 66.3 Å². The molecule has 3 aromatic heterocycles. The van der Waals surface area contributed by atoms with Crippen molar-refractivity contribution in [3.05, 3.63) is 82.4 Å². The first kappa shape index (κ1) is 21.4. The summed E-state index contributed by atoms with van der Waals surface area (Å²) in [5.74, 6) is 0.350. The van der Waals surface area contributed by atoms with E-state index in [2.05, 4.69) is 25.7 Å². The highest BCUT2D eigenvalue weighted by Gasteiger charge is 2.22. The molecule has 0 atom stereocenters. The van der Waals surface area contributed by atoms with Crippen molar-refractivity contribution in [1.82, 2.24) is 19.7 Å². The third-order valence-corrected chi connectivity index (χ3v) is 5.48. The number of nitrogens with one attached hydrogen (secondary N) is 2. The third-order valence-electron chi connectivity index (χ3n) is 4.61. The molecule has 8 nitrogen and oxygen atoms in total. The molecule has 4 rings (SSSR count). The number of thiophene rings is 1. The minimum absolute atomic E-state index is 0.182. The van der Waals surface area contributed by atoms with E-state index in [1.54, 1.807) is 48.8 Å². The van der Waals surface area contributed by atoms with E-state index in [0.717, 1.165) is 5.69 Å². The zero-order chi connectivity index (χ0) is 22.7. The van der Waals surface area contributed by atoms with Crippen LogP contribution >= 0.6 is 11.3 Å². The molecular weight excluding hydrogens is 424 g/mol. The molecule has 0 saturated carbocycles. The zero-order valence-electron chi connectivity index (χ0n) is 17.9. The van der Waals surface area contributed by atoms with Crippen molar-refractivity contribution in [1.29, 1.82) is 0 Å². The first-order valence-corrected chi connectivity index (χ1v) is 10.8. The molecule has 0 aliphatic rings. The highest BCUT2D eigenvalue weighted by Crippen LogP contribution is 2.26. The van der Waals surface area contributed by atoms with E-state index >= 15 is 0 Å². The zero-order valence-corrected chi connectivity index (χ0v) is 18.7. The van der Waals surface area contributed by atoms with Crippen LogP contribution in [0.3, 0.4) is 0 Å². The molecule has 4 aromatic rings. The standard InChI is InChI=1S/C23H22N6O2S/c1-23(2,3)18-14-19(29(28-18)22-24-11-5-12-25-22)27-20(30)15-7-9-16(10-8-15)26-21(31)17-6-4-13-32-17/h4-14H,1-3H3,(H,26,31)(H,27,30). The average molecular weight is 447 g/mol. The summed E-state index contributed by atoms with van der Waals surface area (Å²) in [4.78, 5) is 34.2. The SMILES string of the molecule is CC(C)(C)c1cc(NC(=O)c2ccc(NC(=O)c3cccs3)cc2)n(-c2ncccn2)n1. The van der Waals surface area contributed by atoms with Crippen molar-refractivity contribution in [2.24, 2.45) is 0 Å². The molecule has 0 fully saturated rings. The second kappa shape index (κ2) is 8.72. The molecule has 0 bridgehead atoms. The number of hydrogen-bond donors (Lipinski definition) is 2. The summed E-state index contributed by atoms with van der Waals surface area (Å²) in [7, 11) is 0. The van der Waals surface area contributed by atoms with Crippen LogP contribution in [0.4, 0.5) is 11.5 Å². The van der Waals surface area contributed by atoms with E-state index in [0.29, 0.717) is 27.9 Å². The van der Waals surface area contributed by atoms with Gasteiger partial charge in [0.25, 0.3) is 17.8 Å². The van der Waals surface area contributed by atoms with Gasteiger partial charge in [-0.25, -0.2) is 9.97 Å². The fourth-order valence-electron chi connectivity index (χ4n) is 2.88.